The van der Waals surface area contributed by atoms with Crippen molar-refractivity contribution in [2.24, 2.45) is 17.6 Å². The van der Waals surface area contributed by atoms with Gasteiger partial charge in [0, 0.05) is 42.7 Å². The molecule has 4 N–H and O–H groups in total. The van der Waals surface area contributed by atoms with Crippen LogP contribution < -0.4 is 16.0 Å². The minimum atomic E-state index is -0.308. The van der Waals surface area contributed by atoms with Gasteiger partial charge < -0.3 is 16.0 Å². The number of amides is 1. The second-order valence-corrected chi connectivity index (χ2v) is 10.0. The van der Waals surface area contributed by atoms with Crippen LogP contribution >= 0.6 is 0 Å². The summed E-state index contributed by atoms with van der Waals surface area (Å²) in [4.78, 5) is 24.0. The van der Waals surface area contributed by atoms with Crippen molar-refractivity contribution in [3.63, 3.8) is 0 Å². The third-order valence-electron chi connectivity index (χ3n) is 8.43. The molecule has 7 rings (SSSR count). The normalized spacial score (nSPS) is 24.8. The molecule has 0 radical (unpaired) electrons. The minimum absolute atomic E-state index is 0.0567. The molecule has 1 amide bonds. The number of rotatable bonds is 4. The fourth-order valence-electron chi connectivity index (χ4n) is 6.54. The summed E-state index contributed by atoms with van der Waals surface area (Å²) >= 11 is 0. The Morgan fingerprint density at radius 2 is 2.08 bits per heavy atom. The maximum Gasteiger partial charge on any atom is 0.251 e. The highest BCUT2D eigenvalue weighted by molar-refractivity contribution is 5.99. The van der Waals surface area contributed by atoms with Crippen LogP contribution in [0.25, 0.3) is 22.4 Å². The van der Waals surface area contributed by atoms with E-state index in [9.17, 15) is 9.18 Å². The van der Waals surface area contributed by atoms with Gasteiger partial charge in [0.2, 0.25) is 0 Å². The number of aromatic amines is 1. The van der Waals surface area contributed by atoms with E-state index in [0.717, 1.165) is 48.4 Å². The second-order valence-electron chi connectivity index (χ2n) is 10.0. The van der Waals surface area contributed by atoms with Gasteiger partial charge in [-0.25, -0.2) is 14.4 Å². The number of nitrogens with one attached hydrogen (secondary N) is 2. The number of aromatic nitrogens is 4. The standard InChI is InChI=1S/C27H26FN7O/c28-21-4-2-1-3-19(21)27(14-29)18-8-10-35(13-20(18)27)22-12-31-24-23(33-34-25(24)32-22)16-6-5-15-7-9-30-26(36)17(15)11-16/h1-6,11-12,18,20H,7-10,13-14,29H2,(H,30,36)(H,32,33,34)/t18-,20+,27-/m1/s1. The van der Waals surface area contributed by atoms with E-state index in [2.05, 4.69) is 20.4 Å². The SMILES string of the molecule is NC[C@]1(c2ccccc2F)[C@@H]2CCN(c3cnc4c(-c5ccc6c(c5)C(=O)NCC6)n[nH]c4n3)C[C@@H]21. The Morgan fingerprint density at radius 1 is 1.19 bits per heavy atom. The number of carbonyl (C=O) groups is 1. The molecule has 4 aromatic rings. The number of benzene rings is 2. The van der Waals surface area contributed by atoms with Crippen LogP contribution in [0.3, 0.4) is 0 Å². The summed E-state index contributed by atoms with van der Waals surface area (Å²) in [5.74, 6) is 1.21. The molecule has 2 aromatic heterocycles. The molecule has 1 saturated heterocycles. The van der Waals surface area contributed by atoms with Crippen molar-refractivity contribution in [3.8, 4) is 11.3 Å². The van der Waals surface area contributed by atoms with E-state index < -0.39 is 0 Å². The van der Waals surface area contributed by atoms with E-state index in [4.69, 9.17) is 15.7 Å². The lowest BCUT2D eigenvalue weighted by Gasteiger charge is -2.26. The van der Waals surface area contributed by atoms with Crippen molar-refractivity contribution in [2.45, 2.75) is 18.3 Å². The zero-order chi connectivity index (χ0) is 24.4. The molecule has 2 fully saturated rings. The van der Waals surface area contributed by atoms with Crippen LogP contribution in [0, 0.1) is 17.7 Å². The molecule has 3 atom stereocenters. The summed E-state index contributed by atoms with van der Waals surface area (Å²) < 4.78 is 14.7. The molecule has 2 aromatic carbocycles. The number of hydrogen-bond donors (Lipinski definition) is 3. The maximum absolute atomic E-state index is 14.7. The Morgan fingerprint density at radius 3 is 2.94 bits per heavy atom. The van der Waals surface area contributed by atoms with E-state index >= 15 is 0 Å². The number of anilines is 1. The zero-order valence-corrected chi connectivity index (χ0v) is 19.7. The van der Waals surface area contributed by atoms with Crippen molar-refractivity contribution in [2.75, 3.05) is 31.1 Å². The second kappa shape index (κ2) is 7.83. The molecule has 1 saturated carbocycles. The van der Waals surface area contributed by atoms with Gasteiger partial charge in [-0.3, -0.25) is 9.89 Å². The van der Waals surface area contributed by atoms with Crippen LogP contribution in [0.5, 0.6) is 0 Å². The van der Waals surface area contributed by atoms with Crippen molar-refractivity contribution in [3.05, 3.63) is 71.2 Å². The Labute approximate surface area is 207 Å². The smallest absolute Gasteiger partial charge is 0.251 e. The molecule has 2 aliphatic heterocycles. The van der Waals surface area contributed by atoms with E-state index in [1.54, 1.807) is 12.3 Å². The summed E-state index contributed by atoms with van der Waals surface area (Å²) in [6.07, 6.45) is 3.54. The molecule has 9 heteroatoms. The fourth-order valence-corrected chi connectivity index (χ4v) is 6.54. The van der Waals surface area contributed by atoms with Gasteiger partial charge >= 0.3 is 0 Å². The van der Waals surface area contributed by atoms with Crippen LogP contribution in [0.15, 0.2) is 48.7 Å². The average Bonchev–Trinajstić information content (AvgIpc) is 3.36. The Hall–Kier alpha value is -3.85. The van der Waals surface area contributed by atoms with Crippen molar-refractivity contribution < 1.29 is 9.18 Å². The molecule has 8 nitrogen and oxygen atoms in total. The van der Waals surface area contributed by atoms with Gasteiger partial charge in [-0.1, -0.05) is 30.3 Å². The predicted octanol–water partition coefficient (Wildman–Crippen LogP) is 2.80. The number of nitrogens with two attached hydrogens (primary N) is 1. The first-order valence-corrected chi connectivity index (χ1v) is 12.4. The molecule has 4 heterocycles. The van der Waals surface area contributed by atoms with Gasteiger partial charge in [0.15, 0.2) is 5.65 Å². The first kappa shape index (κ1) is 21.4. The monoisotopic (exact) mass is 483 g/mol. The molecule has 3 aliphatic rings. The van der Waals surface area contributed by atoms with Gasteiger partial charge in [-0.05, 0) is 47.9 Å². The van der Waals surface area contributed by atoms with Gasteiger partial charge in [0.1, 0.15) is 22.8 Å². The number of nitrogens with zero attached hydrogens (tertiary/aromatic N) is 4. The quantitative estimate of drug-likeness (QED) is 0.412. The molecule has 0 bridgehead atoms. The van der Waals surface area contributed by atoms with E-state index in [1.807, 2.05) is 30.3 Å². The van der Waals surface area contributed by atoms with Crippen molar-refractivity contribution >= 4 is 22.9 Å². The maximum atomic E-state index is 14.7. The van der Waals surface area contributed by atoms with Gasteiger partial charge in [0.05, 0.1) is 6.20 Å². The summed E-state index contributed by atoms with van der Waals surface area (Å²) in [5.41, 5.74) is 11.2. The number of hydrogen-bond acceptors (Lipinski definition) is 6. The molecular formula is C27H26FN7O. The topological polar surface area (TPSA) is 113 Å². The van der Waals surface area contributed by atoms with Crippen LogP contribution in [0.1, 0.15) is 27.9 Å². The summed E-state index contributed by atoms with van der Waals surface area (Å²) in [5, 5.41) is 10.4. The average molecular weight is 484 g/mol. The zero-order valence-electron chi connectivity index (χ0n) is 19.7. The molecule has 0 spiro atoms. The van der Waals surface area contributed by atoms with Gasteiger partial charge in [0.25, 0.3) is 5.91 Å². The first-order chi connectivity index (χ1) is 17.6. The number of fused-ring (bicyclic) bond motifs is 3. The molecular weight excluding hydrogens is 457 g/mol. The van der Waals surface area contributed by atoms with Gasteiger partial charge in [-0.2, -0.15) is 5.10 Å². The summed E-state index contributed by atoms with van der Waals surface area (Å²) in [7, 11) is 0. The van der Waals surface area contributed by atoms with Crippen LogP contribution in [-0.2, 0) is 11.8 Å². The third kappa shape index (κ3) is 3.02. The first-order valence-electron chi connectivity index (χ1n) is 12.4. The molecule has 182 valence electrons. The largest absolute Gasteiger partial charge is 0.355 e. The lowest BCUT2D eigenvalue weighted by molar-refractivity contribution is 0.0946. The van der Waals surface area contributed by atoms with Crippen LogP contribution in [-0.4, -0.2) is 52.3 Å². The van der Waals surface area contributed by atoms with E-state index in [1.165, 1.54) is 6.07 Å². The number of piperidine rings is 1. The fraction of sp³-hybridized carbons (Fsp3) is 0.333. The predicted molar refractivity (Wildman–Crippen MR) is 134 cm³/mol. The highest BCUT2D eigenvalue weighted by Crippen LogP contribution is 2.63. The number of H-pyrrole nitrogens is 1. The summed E-state index contributed by atoms with van der Waals surface area (Å²) in [6, 6.07) is 12.9. The minimum Gasteiger partial charge on any atom is -0.355 e. The van der Waals surface area contributed by atoms with E-state index in [0.29, 0.717) is 41.4 Å². The number of carbonyl (C=O) groups excluding carboxylic acids is 1. The van der Waals surface area contributed by atoms with Crippen molar-refractivity contribution in [1.82, 2.24) is 25.5 Å². The number of halogens is 1. The third-order valence-corrected chi connectivity index (χ3v) is 8.43. The molecule has 36 heavy (non-hydrogen) atoms. The van der Waals surface area contributed by atoms with E-state index in [-0.39, 0.29) is 23.1 Å². The summed E-state index contributed by atoms with van der Waals surface area (Å²) in [6.45, 7) is 2.68. The van der Waals surface area contributed by atoms with Crippen LogP contribution in [0.4, 0.5) is 10.2 Å². The Balaban J connectivity index is 1.17. The highest BCUT2D eigenvalue weighted by atomic mass is 19.1. The van der Waals surface area contributed by atoms with Crippen molar-refractivity contribution in [1.29, 1.82) is 0 Å². The molecule has 0 unspecified atom stereocenters. The van der Waals surface area contributed by atoms with Crippen LogP contribution in [0.2, 0.25) is 0 Å². The lowest BCUT2D eigenvalue weighted by atomic mass is 9.91. The Kier molecular flexibility index (Phi) is 4.66. The lowest BCUT2D eigenvalue weighted by Crippen LogP contribution is -2.32. The highest BCUT2D eigenvalue weighted by Gasteiger charge is 2.66. The molecule has 1 aliphatic carbocycles. The van der Waals surface area contributed by atoms with Gasteiger partial charge in [-0.15, -0.1) is 0 Å². The Bertz CT molecular complexity index is 1520.